The largest absolute Gasteiger partial charge is 0.455 e. The van der Waals surface area contributed by atoms with Gasteiger partial charge < -0.3 is 10.5 Å². The van der Waals surface area contributed by atoms with Crippen LogP contribution >= 0.6 is 12.4 Å². The topological polar surface area (TPSA) is 52.3 Å². The molecule has 9 heteroatoms. The number of carbonyl (C=O) groups is 1. The fraction of sp³-hybridized carbons (Fsp3) is 0.364. The molecule has 0 aromatic heterocycles. The third-order valence-electron chi connectivity index (χ3n) is 2.27. The molecule has 0 spiro atoms. The predicted octanol–water partition coefficient (Wildman–Crippen LogP) is 3.23. The highest BCUT2D eigenvalue weighted by molar-refractivity contribution is 5.85. The minimum Gasteiger partial charge on any atom is -0.427 e. The third kappa shape index (κ3) is 4.04. The summed E-state index contributed by atoms with van der Waals surface area (Å²) in [5.74, 6) is -5.66. The van der Waals surface area contributed by atoms with Crippen LogP contribution in [0.5, 0.6) is 5.75 Å². The Morgan fingerprint density at radius 3 is 1.95 bits per heavy atom. The van der Waals surface area contributed by atoms with E-state index in [9.17, 15) is 26.7 Å². The molecule has 1 aromatic carbocycles. The zero-order valence-corrected chi connectivity index (χ0v) is 10.9. The quantitative estimate of drug-likeness (QED) is 0.529. The lowest BCUT2D eigenvalue weighted by Crippen LogP contribution is -2.45. The van der Waals surface area contributed by atoms with Gasteiger partial charge in [0.25, 0.3) is 0 Å². The second-order valence-electron chi connectivity index (χ2n) is 3.76. The highest BCUT2D eigenvalue weighted by atomic mass is 35.5. The van der Waals surface area contributed by atoms with Gasteiger partial charge in [0.05, 0.1) is 0 Å². The molecule has 1 atom stereocenters. The van der Waals surface area contributed by atoms with Crippen LogP contribution in [0.4, 0.5) is 22.0 Å². The Kier molecular flexibility index (Phi) is 5.91. The molecular weight excluding hydrogens is 309 g/mol. The van der Waals surface area contributed by atoms with E-state index in [-0.39, 0.29) is 18.2 Å². The lowest BCUT2D eigenvalue weighted by Gasteiger charge is -2.25. The number of alkyl halides is 5. The summed E-state index contributed by atoms with van der Waals surface area (Å²) in [6.45, 7) is 1.12. The molecular formula is C11H11ClF5NO2. The van der Waals surface area contributed by atoms with Gasteiger partial charge in [-0.15, -0.1) is 12.4 Å². The molecule has 0 aliphatic rings. The predicted molar refractivity (Wildman–Crippen MR) is 62.9 cm³/mol. The minimum atomic E-state index is -5.74. The van der Waals surface area contributed by atoms with Gasteiger partial charge in [-0.1, -0.05) is 12.1 Å². The molecule has 1 aromatic rings. The first kappa shape index (κ1) is 18.6. The Bertz CT molecular complexity index is 461. The average molecular weight is 320 g/mol. The molecule has 3 nitrogen and oxygen atoms in total. The Morgan fingerprint density at radius 2 is 1.60 bits per heavy atom. The van der Waals surface area contributed by atoms with Crippen molar-refractivity contribution in [3.05, 3.63) is 29.8 Å². The van der Waals surface area contributed by atoms with Crippen LogP contribution < -0.4 is 10.5 Å². The molecule has 114 valence electrons. The zero-order valence-electron chi connectivity index (χ0n) is 10.1. The van der Waals surface area contributed by atoms with Crippen LogP contribution in [0.15, 0.2) is 24.3 Å². The molecule has 0 aliphatic heterocycles. The molecule has 2 N–H and O–H groups in total. The van der Waals surface area contributed by atoms with Gasteiger partial charge in [-0.25, -0.2) is 0 Å². The Balaban J connectivity index is 0.00000361. The van der Waals surface area contributed by atoms with Gasteiger partial charge in [0.1, 0.15) is 11.8 Å². The van der Waals surface area contributed by atoms with Gasteiger partial charge in [0.15, 0.2) is 0 Å². The number of esters is 1. The van der Waals surface area contributed by atoms with E-state index in [1.807, 2.05) is 0 Å². The number of halogens is 6. The normalized spacial score (nSPS) is 13.3. The lowest BCUT2D eigenvalue weighted by atomic mass is 10.0. The molecule has 0 radical (unpaired) electrons. The molecule has 0 fully saturated rings. The van der Waals surface area contributed by atoms with Crippen molar-refractivity contribution < 1.29 is 31.5 Å². The number of nitrogens with two attached hydrogens (primary N) is 1. The maximum absolute atomic E-state index is 13.0. The zero-order chi connectivity index (χ0) is 14.8. The monoisotopic (exact) mass is 319 g/mol. The lowest BCUT2D eigenvalue weighted by molar-refractivity contribution is -0.291. The van der Waals surface area contributed by atoms with Crippen molar-refractivity contribution in [2.45, 2.75) is 25.1 Å². The summed E-state index contributed by atoms with van der Waals surface area (Å²) in [6, 6.07) is 1.54. The molecule has 0 unspecified atom stereocenters. The molecule has 0 heterocycles. The SMILES string of the molecule is CC(=O)Oc1ccc([C@@H](N)C(F)(F)C(F)(F)F)cc1.Cl. The van der Waals surface area contributed by atoms with Crippen LogP contribution in [0, 0.1) is 0 Å². The van der Waals surface area contributed by atoms with Gasteiger partial charge in [0, 0.05) is 6.92 Å². The Hall–Kier alpha value is -1.41. The van der Waals surface area contributed by atoms with Gasteiger partial charge in [-0.05, 0) is 17.7 Å². The van der Waals surface area contributed by atoms with Crippen LogP contribution in [0.25, 0.3) is 0 Å². The van der Waals surface area contributed by atoms with Crippen molar-refractivity contribution >= 4 is 18.4 Å². The van der Waals surface area contributed by atoms with Gasteiger partial charge in [-0.2, -0.15) is 22.0 Å². The average Bonchev–Trinajstić information content (AvgIpc) is 2.26. The van der Waals surface area contributed by atoms with E-state index < -0.39 is 29.7 Å². The smallest absolute Gasteiger partial charge is 0.427 e. The van der Waals surface area contributed by atoms with Gasteiger partial charge >= 0.3 is 18.1 Å². The van der Waals surface area contributed by atoms with Crippen molar-refractivity contribution in [1.82, 2.24) is 0 Å². The number of benzene rings is 1. The minimum absolute atomic E-state index is 0. The summed E-state index contributed by atoms with van der Waals surface area (Å²) in [5, 5.41) is 0. The van der Waals surface area contributed by atoms with Crippen LogP contribution in [0.1, 0.15) is 18.5 Å². The summed E-state index contributed by atoms with van der Waals surface area (Å²) >= 11 is 0. The number of hydrogen-bond donors (Lipinski definition) is 1. The molecule has 0 aliphatic carbocycles. The standard InChI is InChI=1S/C11H10F5NO2.ClH/c1-6(18)19-8-4-2-7(3-5-8)9(17)10(12,13)11(14,15)16;/h2-5,9H,17H2,1H3;1H/t9-;/m1./s1. The second-order valence-corrected chi connectivity index (χ2v) is 3.76. The fourth-order valence-electron chi connectivity index (χ4n) is 1.29. The van der Waals surface area contributed by atoms with E-state index in [1.165, 1.54) is 0 Å². The maximum Gasteiger partial charge on any atom is 0.455 e. The summed E-state index contributed by atoms with van der Waals surface area (Å²) in [5.41, 5.74) is 4.51. The van der Waals surface area contributed by atoms with Crippen molar-refractivity contribution in [1.29, 1.82) is 0 Å². The molecule has 0 bridgehead atoms. The highest BCUT2D eigenvalue weighted by Gasteiger charge is 2.61. The Labute approximate surface area is 117 Å². The number of rotatable bonds is 3. The van der Waals surface area contributed by atoms with Gasteiger partial charge in [0.2, 0.25) is 0 Å². The molecule has 20 heavy (non-hydrogen) atoms. The van der Waals surface area contributed by atoms with Crippen LogP contribution in [-0.2, 0) is 4.79 Å². The molecule has 1 rings (SSSR count). The van der Waals surface area contributed by atoms with E-state index >= 15 is 0 Å². The summed E-state index contributed by atoms with van der Waals surface area (Å²) in [6.07, 6.45) is -5.74. The fourth-order valence-corrected chi connectivity index (χ4v) is 1.29. The molecule has 0 saturated heterocycles. The Morgan fingerprint density at radius 1 is 1.15 bits per heavy atom. The van der Waals surface area contributed by atoms with Crippen molar-refractivity contribution in [2.75, 3.05) is 0 Å². The van der Waals surface area contributed by atoms with Crippen LogP contribution in [0.3, 0.4) is 0 Å². The first-order valence-electron chi connectivity index (χ1n) is 5.04. The summed E-state index contributed by atoms with van der Waals surface area (Å²) < 4.78 is 66.9. The number of hydrogen-bond acceptors (Lipinski definition) is 3. The van der Waals surface area contributed by atoms with Crippen molar-refractivity contribution in [3.8, 4) is 5.75 Å². The van der Waals surface area contributed by atoms with E-state index in [2.05, 4.69) is 4.74 Å². The van der Waals surface area contributed by atoms with E-state index in [1.54, 1.807) is 0 Å². The highest BCUT2D eigenvalue weighted by Crippen LogP contribution is 2.43. The maximum atomic E-state index is 13.0. The van der Waals surface area contributed by atoms with Crippen LogP contribution in [-0.4, -0.2) is 18.1 Å². The van der Waals surface area contributed by atoms with E-state index in [0.29, 0.717) is 0 Å². The second kappa shape index (κ2) is 6.36. The number of carbonyl (C=O) groups excluding carboxylic acids is 1. The summed E-state index contributed by atoms with van der Waals surface area (Å²) in [4.78, 5) is 10.6. The molecule has 0 saturated carbocycles. The molecule has 0 amide bonds. The van der Waals surface area contributed by atoms with Gasteiger partial charge in [-0.3, -0.25) is 4.79 Å². The van der Waals surface area contributed by atoms with Crippen molar-refractivity contribution in [2.24, 2.45) is 5.73 Å². The van der Waals surface area contributed by atoms with Crippen LogP contribution in [0.2, 0.25) is 0 Å². The van der Waals surface area contributed by atoms with E-state index in [4.69, 9.17) is 5.73 Å². The number of ether oxygens (including phenoxy) is 1. The first-order chi connectivity index (χ1) is 8.55. The van der Waals surface area contributed by atoms with E-state index in [0.717, 1.165) is 31.2 Å². The summed E-state index contributed by atoms with van der Waals surface area (Å²) in [7, 11) is 0. The van der Waals surface area contributed by atoms with Crippen molar-refractivity contribution in [3.63, 3.8) is 0 Å². The third-order valence-corrected chi connectivity index (χ3v) is 2.27. The first-order valence-corrected chi connectivity index (χ1v) is 5.04.